The van der Waals surface area contributed by atoms with E-state index in [1.54, 1.807) is 12.1 Å². The fourth-order valence-corrected chi connectivity index (χ4v) is 2.66. The Morgan fingerprint density at radius 3 is 2.54 bits per heavy atom. The van der Waals surface area contributed by atoms with Crippen LogP contribution >= 0.6 is 11.6 Å². The summed E-state index contributed by atoms with van der Waals surface area (Å²) in [4.78, 5) is 24.2. The van der Waals surface area contributed by atoms with E-state index in [1.165, 1.54) is 19.1 Å². The number of benzene rings is 2. The van der Waals surface area contributed by atoms with Gasteiger partial charge in [0.15, 0.2) is 12.7 Å². The van der Waals surface area contributed by atoms with Crippen molar-refractivity contribution in [3.05, 3.63) is 58.6 Å². The van der Waals surface area contributed by atoms with Crippen molar-refractivity contribution in [2.75, 3.05) is 11.9 Å². The molecule has 1 N–H and O–H groups in total. The third kappa shape index (κ3) is 5.73. The Morgan fingerprint density at radius 1 is 1.18 bits per heavy atom. The van der Waals surface area contributed by atoms with Crippen molar-refractivity contribution in [3.63, 3.8) is 0 Å². The number of esters is 1. The molecule has 0 unspecified atom stereocenters. The minimum absolute atomic E-state index is 0.224. The van der Waals surface area contributed by atoms with Crippen LogP contribution in [0.25, 0.3) is 0 Å². The molecule has 146 valence electrons. The van der Waals surface area contributed by atoms with E-state index in [0.29, 0.717) is 17.0 Å². The minimum atomic E-state index is -1.02. The molecule has 0 aliphatic heterocycles. The molecule has 6 nitrogen and oxygen atoms in total. The van der Waals surface area contributed by atoms with Gasteiger partial charge in [0.2, 0.25) is 0 Å². The molecule has 1 amide bonds. The highest BCUT2D eigenvalue weighted by Crippen LogP contribution is 2.25. The predicted octanol–water partition coefficient (Wildman–Crippen LogP) is 4.28. The minimum Gasteiger partial charge on any atom is -0.482 e. The van der Waals surface area contributed by atoms with Gasteiger partial charge in [-0.05, 0) is 42.7 Å². The smallest absolute Gasteiger partial charge is 0.344 e. The first-order valence-corrected chi connectivity index (χ1v) is 9.11. The number of hydrogen-bond acceptors (Lipinski definition) is 5. The van der Waals surface area contributed by atoms with Crippen LogP contribution in [0.1, 0.15) is 37.8 Å². The van der Waals surface area contributed by atoms with Gasteiger partial charge < -0.3 is 14.8 Å². The van der Waals surface area contributed by atoms with Crippen molar-refractivity contribution in [1.82, 2.24) is 0 Å². The molecule has 0 saturated heterocycles. The Kier molecular flexibility index (Phi) is 7.42. The van der Waals surface area contributed by atoms with Crippen LogP contribution in [0.5, 0.6) is 5.75 Å². The van der Waals surface area contributed by atoms with Crippen LogP contribution in [0.15, 0.2) is 42.5 Å². The highest BCUT2D eigenvalue weighted by atomic mass is 35.5. The van der Waals surface area contributed by atoms with Gasteiger partial charge in [0.1, 0.15) is 11.8 Å². The van der Waals surface area contributed by atoms with E-state index >= 15 is 0 Å². The maximum atomic E-state index is 12.2. The molecular formula is C21H21ClN2O4. The van der Waals surface area contributed by atoms with Gasteiger partial charge in [-0.3, -0.25) is 4.79 Å². The molecule has 0 heterocycles. The second kappa shape index (κ2) is 9.77. The van der Waals surface area contributed by atoms with Crippen molar-refractivity contribution in [3.8, 4) is 11.8 Å². The third-order valence-electron chi connectivity index (χ3n) is 3.92. The second-order valence-corrected chi connectivity index (χ2v) is 6.82. The molecule has 7 heteroatoms. The lowest BCUT2D eigenvalue weighted by atomic mass is 10.0. The largest absolute Gasteiger partial charge is 0.482 e. The van der Waals surface area contributed by atoms with Crippen LogP contribution in [-0.2, 0) is 14.3 Å². The molecular weight excluding hydrogens is 380 g/mol. The van der Waals surface area contributed by atoms with Crippen molar-refractivity contribution >= 4 is 29.2 Å². The lowest BCUT2D eigenvalue weighted by Gasteiger charge is -2.16. The fraction of sp³-hybridized carbons (Fsp3) is 0.286. The Morgan fingerprint density at radius 2 is 1.89 bits per heavy atom. The normalized spacial score (nSPS) is 11.4. The summed E-state index contributed by atoms with van der Waals surface area (Å²) in [6.07, 6.45) is -1.02. The molecule has 0 bridgehead atoms. The number of hydrogen-bond donors (Lipinski definition) is 1. The SMILES string of the molecule is CC(C)c1ccccc1OCC(=O)O[C@H](C)C(=O)Nc1ccc(C#N)c(Cl)c1. The summed E-state index contributed by atoms with van der Waals surface area (Å²) in [5.41, 5.74) is 1.69. The van der Waals surface area contributed by atoms with E-state index in [9.17, 15) is 9.59 Å². The Hall–Kier alpha value is -3.04. The summed E-state index contributed by atoms with van der Waals surface area (Å²) in [7, 11) is 0. The number of carbonyl (C=O) groups excluding carboxylic acids is 2. The van der Waals surface area contributed by atoms with Gasteiger partial charge in [-0.25, -0.2) is 4.79 Å². The van der Waals surface area contributed by atoms with Crippen LogP contribution in [0.2, 0.25) is 5.02 Å². The van der Waals surface area contributed by atoms with E-state index in [0.717, 1.165) is 5.56 Å². The van der Waals surface area contributed by atoms with Gasteiger partial charge in [-0.1, -0.05) is 43.6 Å². The lowest BCUT2D eigenvalue weighted by Crippen LogP contribution is -2.31. The van der Waals surface area contributed by atoms with E-state index in [4.69, 9.17) is 26.3 Å². The molecule has 0 aliphatic rings. The van der Waals surface area contributed by atoms with Gasteiger partial charge in [0.05, 0.1) is 10.6 Å². The third-order valence-corrected chi connectivity index (χ3v) is 4.23. The molecule has 2 rings (SSSR count). The van der Waals surface area contributed by atoms with Gasteiger partial charge in [0, 0.05) is 5.69 Å². The number of para-hydroxylation sites is 1. The molecule has 0 spiro atoms. The zero-order valence-corrected chi connectivity index (χ0v) is 16.6. The molecule has 2 aromatic rings. The molecule has 0 aromatic heterocycles. The van der Waals surface area contributed by atoms with E-state index < -0.39 is 18.0 Å². The first-order chi connectivity index (χ1) is 13.3. The van der Waals surface area contributed by atoms with Crippen LogP contribution in [0.4, 0.5) is 5.69 Å². The van der Waals surface area contributed by atoms with Gasteiger partial charge in [-0.15, -0.1) is 0 Å². The summed E-state index contributed by atoms with van der Waals surface area (Å²) in [5.74, 6) is -0.314. The molecule has 0 radical (unpaired) electrons. The zero-order valence-electron chi connectivity index (χ0n) is 15.9. The van der Waals surface area contributed by atoms with E-state index in [2.05, 4.69) is 5.32 Å². The summed E-state index contributed by atoms with van der Waals surface area (Å²) < 4.78 is 10.7. The monoisotopic (exact) mass is 400 g/mol. The average molecular weight is 401 g/mol. The quantitative estimate of drug-likeness (QED) is 0.700. The van der Waals surface area contributed by atoms with Gasteiger partial charge in [0.25, 0.3) is 5.91 Å². The van der Waals surface area contributed by atoms with Crippen molar-refractivity contribution in [2.24, 2.45) is 0 Å². The molecule has 28 heavy (non-hydrogen) atoms. The number of nitrogens with one attached hydrogen (secondary N) is 1. The first kappa shape index (κ1) is 21.3. The summed E-state index contributed by atoms with van der Waals surface area (Å²) >= 11 is 5.94. The summed E-state index contributed by atoms with van der Waals surface area (Å²) in [6.45, 7) is 5.22. The second-order valence-electron chi connectivity index (χ2n) is 6.41. The lowest BCUT2D eigenvalue weighted by molar-refractivity contribution is -0.155. The number of nitrogens with zero attached hydrogens (tertiary/aromatic N) is 1. The van der Waals surface area contributed by atoms with Crippen molar-refractivity contribution < 1.29 is 19.1 Å². The molecule has 0 aliphatic carbocycles. The van der Waals surface area contributed by atoms with Crippen LogP contribution in [0, 0.1) is 11.3 Å². The van der Waals surface area contributed by atoms with Crippen LogP contribution < -0.4 is 10.1 Å². The maximum Gasteiger partial charge on any atom is 0.344 e. The van der Waals surface area contributed by atoms with Gasteiger partial charge in [-0.2, -0.15) is 5.26 Å². The van der Waals surface area contributed by atoms with Gasteiger partial charge >= 0.3 is 5.97 Å². The maximum absolute atomic E-state index is 12.2. The Balaban J connectivity index is 1.89. The topological polar surface area (TPSA) is 88.4 Å². The highest BCUT2D eigenvalue weighted by molar-refractivity contribution is 6.32. The standard InChI is InChI=1S/C21H21ClN2O4/c1-13(2)17-6-4-5-7-19(17)27-12-20(25)28-14(3)21(26)24-16-9-8-15(11-23)18(22)10-16/h4-10,13-14H,12H2,1-3H3,(H,24,26)/t14-/m1/s1. The van der Waals surface area contributed by atoms with E-state index in [-0.39, 0.29) is 17.5 Å². The molecule has 1 atom stereocenters. The Bertz CT molecular complexity index is 906. The number of ether oxygens (including phenoxy) is 2. The highest BCUT2D eigenvalue weighted by Gasteiger charge is 2.19. The van der Waals surface area contributed by atoms with Crippen LogP contribution in [-0.4, -0.2) is 24.6 Å². The summed E-state index contributed by atoms with van der Waals surface area (Å²) in [6, 6.07) is 13.9. The number of anilines is 1. The predicted molar refractivity (Wildman–Crippen MR) is 106 cm³/mol. The number of rotatable bonds is 7. The number of nitriles is 1. The Labute approximate surface area is 169 Å². The van der Waals surface area contributed by atoms with Crippen molar-refractivity contribution in [1.29, 1.82) is 5.26 Å². The number of halogens is 1. The molecule has 0 fully saturated rings. The van der Waals surface area contributed by atoms with E-state index in [1.807, 2.05) is 38.1 Å². The first-order valence-electron chi connectivity index (χ1n) is 8.73. The zero-order chi connectivity index (χ0) is 20.7. The molecule has 2 aromatic carbocycles. The van der Waals surface area contributed by atoms with Crippen LogP contribution in [0.3, 0.4) is 0 Å². The van der Waals surface area contributed by atoms with Crippen molar-refractivity contribution in [2.45, 2.75) is 32.8 Å². The number of carbonyl (C=O) groups is 2. The molecule has 0 saturated carbocycles. The summed E-state index contributed by atoms with van der Waals surface area (Å²) in [5, 5.41) is 11.7. The number of amides is 1. The average Bonchev–Trinajstić information content (AvgIpc) is 2.66. The fourth-order valence-electron chi connectivity index (χ4n) is 2.44.